The molecule has 0 unspecified atom stereocenters. The van der Waals surface area contributed by atoms with Crippen molar-refractivity contribution < 1.29 is 24.1 Å². The zero-order valence-electron chi connectivity index (χ0n) is 7.41. The molecule has 2 aliphatic rings. The highest BCUT2D eigenvalue weighted by atomic mass is 16.9. The maximum absolute atomic E-state index is 10.3. The number of carboxylic acid groups (broad SMARTS) is 1. The lowest BCUT2D eigenvalue weighted by Crippen LogP contribution is -2.34. The van der Waals surface area contributed by atoms with Gasteiger partial charge in [0.1, 0.15) is 5.60 Å². The molecule has 0 spiro atoms. The molecule has 0 amide bonds. The second-order valence-corrected chi connectivity index (χ2v) is 3.71. The minimum Gasteiger partial charge on any atom is -0.481 e. The Morgan fingerprint density at radius 1 is 1.46 bits per heavy atom. The maximum Gasteiger partial charge on any atom is 0.303 e. The fourth-order valence-electron chi connectivity index (χ4n) is 1.56. The number of fused-ring (bicyclic) bond motifs is 2. The summed E-state index contributed by atoms with van der Waals surface area (Å²) < 4.78 is 16.1. The van der Waals surface area contributed by atoms with Crippen molar-refractivity contribution in [2.45, 2.75) is 31.3 Å². The van der Waals surface area contributed by atoms with E-state index in [2.05, 4.69) is 0 Å². The van der Waals surface area contributed by atoms with E-state index in [-0.39, 0.29) is 18.4 Å². The lowest BCUT2D eigenvalue weighted by atomic mass is 10.1. The Labute approximate surface area is 75.6 Å². The summed E-state index contributed by atoms with van der Waals surface area (Å²) in [7, 11) is 0. The highest BCUT2D eigenvalue weighted by molar-refractivity contribution is 5.66. The van der Waals surface area contributed by atoms with Crippen molar-refractivity contribution in [3.8, 4) is 0 Å². The van der Waals surface area contributed by atoms with Gasteiger partial charge in [0.2, 0.25) is 0 Å². The van der Waals surface area contributed by atoms with E-state index in [1.54, 1.807) is 0 Å². The molecule has 0 radical (unpaired) electrons. The lowest BCUT2D eigenvalue weighted by molar-refractivity contribution is -0.301. The van der Waals surface area contributed by atoms with Gasteiger partial charge in [-0.1, -0.05) is 0 Å². The predicted octanol–water partition coefficient (Wildman–Crippen LogP) is 0.341. The van der Waals surface area contributed by atoms with E-state index in [4.69, 9.17) is 19.3 Å². The molecule has 0 aromatic carbocycles. The van der Waals surface area contributed by atoms with Crippen LogP contribution in [0.2, 0.25) is 0 Å². The van der Waals surface area contributed by atoms with Crippen molar-refractivity contribution in [2.24, 2.45) is 0 Å². The summed E-state index contributed by atoms with van der Waals surface area (Å²) in [6.45, 7) is 2.85. The van der Waals surface area contributed by atoms with Crippen LogP contribution in [-0.2, 0) is 19.0 Å². The summed E-state index contributed by atoms with van der Waals surface area (Å²) in [6.07, 6.45) is 0.244. The third-order valence-corrected chi connectivity index (χ3v) is 2.24. The maximum atomic E-state index is 10.3. The third-order valence-electron chi connectivity index (χ3n) is 2.24. The van der Waals surface area contributed by atoms with Gasteiger partial charge in [-0.25, -0.2) is 0 Å². The Kier molecular flexibility index (Phi) is 1.83. The van der Waals surface area contributed by atoms with Crippen molar-refractivity contribution in [1.29, 1.82) is 0 Å². The van der Waals surface area contributed by atoms with Crippen LogP contribution in [0.3, 0.4) is 0 Å². The minimum absolute atomic E-state index is 0.00389. The molecule has 1 N–H and O–H groups in total. The summed E-state index contributed by atoms with van der Waals surface area (Å²) in [5.41, 5.74) is -0.376. The minimum atomic E-state index is -1.08. The van der Waals surface area contributed by atoms with Crippen LogP contribution >= 0.6 is 0 Å². The number of hydrogen-bond acceptors (Lipinski definition) is 4. The monoisotopic (exact) mass is 188 g/mol. The fourth-order valence-corrected chi connectivity index (χ4v) is 1.56. The zero-order valence-corrected chi connectivity index (χ0v) is 7.41. The number of aliphatic carboxylic acids is 1. The van der Waals surface area contributed by atoms with Gasteiger partial charge in [0.05, 0.1) is 19.6 Å². The molecule has 2 bridgehead atoms. The third kappa shape index (κ3) is 1.54. The van der Waals surface area contributed by atoms with E-state index in [9.17, 15) is 4.79 Å². The molecule has 0 aromatic heterocycles. The highest BCUT2D eigenvalue weighted by Crippen LogP contribution is 2.42. The molecule has 5 nitrogen and oxygen atoms in total. The summed E-state index contributed by atoms with van der Waals surface area (Å²) in [5.74, 6) is -1.95. The zero-order chi connectivity index (χ0) is 9.53. The van der Waals surface area contributed by atoms with E-state index >= 15 is 0 Å². The number of carbonyl (C=O) groups is 1. The number of hydrogen-bond donors (Lipinski definition) is 1. The summed E-state index contributed by atoms with van der Waals surface area (Å²) in [6, 6.07) is 0. The van der Waals surface area contributed by atoms with Gasteiger partial charge in [-0.3, -0.25) is 4.79 Å². The normalized spacial score (nSPS) is 42.5. The van der Waals surface area contributed by atoms with E-state index in [1.165, 1.54) is 0 Å². The van der Waals surface area contributed by atoms with Crippen LogP contribution in [0.15, 0.2) is 0 Å². The quantitative estimate of drug-likeness (QED) is 0.691. The van der Waals surface area contributed by atoms with Crippen molar-refractivity contribution in [3.63, 3.8) is 0 Å². The highest BCUT2D eigenvalue weighted by Gasteiger charge is 2.56. The first-order chi connectivity index (χ1) is 6.04. The van der Waals surface area contributed by atoms with Gasteiger partial charge in [-0.05, 0) is 6.92 Å². The second-order valence-electron chi connectivity index (χ2n) is 3.71. The molecule has 2 fully saturated rings. The van der Waals surface area contributed by atoms with Crippen LogP contribution in [0, 0.1) is 0 Å². The Balaban J connectivity index is 1.96. The molecule has 2 aliphatic heterocycles. The fraction of sp³-hybridized carbons (Fsp3) is 0.875. The molecule has 0 aliphatic carbocycles. The van der Waals surface area contributed by atoms with Crippen LogP contribution < -0.4 is 0 Å². The smallest absolute Gasteiger partial charge is 0.303 e. The van der Waals surface area contributed by atoms with Crippen LogP contribution in [-0.4, -0.2) is 35.9 Å². The van der Waals surface area contributed by atoms with Crippen molar-refractivity contribution >= 4 is 5.97 Å². The molecular weight excluding hydrogens is 176 g/mol. The first kappa shape index (κ1) is 8.93. The predicted molar refractivity (Wildman–Crippen MR) is 41.0 cm³/mol. The van der Waals surface area contributed by atoms with Gasteiger partial charge in [0, 0.05) is 6.42 Å². The van der Waals surface area contributed by atoms with Gasteiger partial charge in [-0.15, -0.1) is 0 Å². The average Bonchev–Trinajstić information content (AvgIpc) is 2.55. The van der Waals surface area contributed by atoms with E-state index < -0.39 is 11.9 Å². The molecule has 5 heteroatoms. The first-order valence-corrected chi connectivity index (χ1v) is 4.24. The molecule has 2 heterocycles. The summed E-state index contributed by atoms with van der Waals surface area (Å²) in [5, 5.41) is 8.49. The van der Waals surface area contributed by atoms with Crippen LogP contribution in [0.4, 0.5) is 0 Å². The van der Waals surface area contributed by atoms with Crippen LogP contribution in [0.1, 0.15) is 19.8 Å². The van der Waals surface area contributed by atoms with E-state index in [1.807, 2.05) is 6.92 Å². The topological polar surface area (TPSA) is 65.0 Å². The molecule has 0 atom stereocenters. The summed E-state index contributed by atoms with van der Waals surface area (Å²) in [4.78, 5) is 10.3. The second kappa shape index (κ2) is 2.67. The SMILES string of the molecule is CC12COC(CCC(=O)O)(OC1)O2. The Bertz CT molecular complexity index is 229. The Morgan fingerprint density at radius 2 is 2.08 bits per heavy atom. The van der Waals surface area contributed by atoms with Gasteiger partial charge in [0.15, 0.2) is 0 Å². The number of carboxylic acids is 1. The van der Waals surface area contributed by atoms with Crippen molar-refractivity contribution in [2.75, 3.05) is 13.2 Å². The molecule has 2 rings (SSSR count). The summed E-state index contributed by atoms with van der Waals surface area (Å²) >= 11 is 0. The number of ether oxygens (including phenoxy) is 3. The van der Waals surface area contributed by atoms with Crippen molar-refractivity contribution in [3.05, 3.63) is 0 Å². The molecule has 74 valence electrons. The van der Waals surface area contributed by atoms with Gasteiger partial charge in [0.25, 0.3) is 5.97 Å². The molecular formula is C8H12O5. The van der Waals surface area contributed by atoms with Crippen LogP contribution in [0.25, 0.3) is 0 Å². The van der Waals surface area contributed by atoms with Crippen LogP contribution in [0.5, 0.6) is 0 Å². The molecule has 13 heavy (non-hydrogen) atoms. The van der Waals surface area contributed by atoms with E-state index in [0.717, 1.165) is 0 Å². The van der Waals surface area contributed by atoms with Crippen molar-refractivity contribution in [1.82, 2.24) is 0 Å². The first-order valence-electron chi connectivity index (χ1n) is 4.24. The van der Waals surface area contributed by atoms with Gasteiger partial charge in [-0.2, -0.15) is 0 Å². The molecule has 0 aromatic rings. The van der Waals surface area contributed by atoms with Gasteiger partial charge >= 0.3 is 5.97 Å². The largest absolute Gasteiger partial charge is 0.481 e. The number of rotatable bonds is 3. The standard InChI is InChI=1S/C8H12O5/c1-7-4-11-8(13-7,12-5-7)3-2-6(9)10/h2-5H2,1H3,(H,9,10). The Hall–Kier alpha value is -0.650. The van der Waals surface area contributed by atoms with E-state index in [0.29, 0.717) is 13.2 Å². The average molecular weight is 188 g/mol. The lowest BCUT2D eigenvalue weighted by Gasteiger charge is -2.22. The molecule has 2 saturated heterocycles. The van der Waals surface area contributed by atoms with Gasteiger partial charge < -0.3 is 19.3 Å². The Morgan fingerprint density at radius 3 is 2.46 bits per heavy atom. The molecule has 0 saturated carbocycles.